The van der Waals surface area contributed by atoms with E-state index in [9.17, 15) is 10.2 Å². The third-order valence-corrected chi connectivity index (χ3v) is 7.28. The van der Waals surface area contributed by atoms with Gasteiger partial charge in [0.05, 0.1) is 13.7 Å². The van der Waals surface area contributed by atoms with Crippen LogP contribution in [0, 0.1) is 0 Å². The molecule has 0 spiro atoms. The first-order valence-corrected chi connectivity index (χ1v) is 12.2. The van der Waals surface area contributed by atoms with E-state index in [1.165, 1.54) is 5.69 Å². The lowest BCUT2D eigenvalue weighted by Gasteiger charge is -2.38. The Balaban J connectivity index is 1.44. The van der Waals surface area contributed by atoms with Gasteiger partial charge in [0.2, 0.25) is 0 Å². The van der Waals surface area contributed by atoms with Crippen molar-refractivity contribution in [3.05, 3.63) is 88.9 Å². The number of hydrogen-bond donors (Lipinski definition) is 2. The number of anilines is 1. The molecule has 0 aromatic heterocycles. The average Bonchev–Trinajstić information content (AvgIpc) is 2.88. The molecule has 1 atom stereocenters. The van der Waals surface area contributed by atoms with Gasteiger partial charge in [-0.05, 0) is 49.2 Å². The normalized spacial score (nSPS) is 16.3. The highest BCUT2D eigenvalue weighted by Gasteiger charge is 2.37. The number of nitrogens with zero attached hydrogens (tertiary/aromatic N) is 2. The van der Waals surface area contributed by atoms with E-state index in [-0.39, 0.29) is 12.4 Å². The van der Waals surface area contributed by atoms with Gasteiger partial charge in [-0.1, -0.05) is 54.1 Å². The summed E-state index contributed by atoms with van der Waals surface area (Å²) in [6.45, 7) is 4.67. The van der Waals surface area contributed by atoms with Gasteiger partial charge in [0.25, 0.3) is 0 Å². The number of ether oxygens (including phenoxy) is 1. The summed E-state index contributed by atoms with van der Waals surface area (Å²) in [6, 6.07) is 23.1. The van der Waals surface area contributed by atoms with Crippen molar-refractivity contribution in [1.29, 1.82) is 0 Å². The van der Waals surface area contributed by atoms with Gasteiger partial charge in [0.15, 0.2) is 0 Å². The third kappa shape index (κ3) is 5.17. The van der Waals surface area contributed by atoms with Crippen LogP contribution in [0.1, 0.15) is 24.0 Å². The number of methoxy groups -OCH3 is 1. The maximum Gasteiger partial charge on any atom is 0.120 e. The second-order valence-electron chi connectivity index (χ2n) is 8.87. The van der Waals surface area contributed by atoms with Crippen LogP contribution in [0.3, 0.4) is 0 Å². The smallest absolute Gasteiger partial charge is 0.120 e. The van der Waals surface area contributed by atoms with Crippen LogP contribution in [0.2, 0.25) is 5.02 Å². The molecule has 3 aromatic rings. The molecule has 6 heteroatoms. The highest BCUT2D eigenvalue weighted by molar-refractivity contribution is 6.31. The van der Waals surface area contributed by atoms with Crippen LogP contribution in [-0.4, -0.2) is 61.6 Å². The zero-order valence-electron chi connectivity index (χ0n) is 19.7. The summed E-state index contributed by atoms with van der Waals surface area (Å²) in [5.74, 6) is 1.06. The van der Waals surface area contributed by atoms with Crippen LogP contribution in [-0.2, 0) is 5.41 Å². The Morgan fingerprint density at radius 3 is 2.29 bits per heavy atom. The molecule has 5 nitrogen and oxygen atoms in total. The van der Waals surface area contributed by atoms with Gasteiger partial charge in [-0.3, -0.25) is 4.90 Å². The van der Waals surface area contributed by atoms with E-state index in [0.29, 0.717) is 17.0 Å². The van der Waals surface area contributed by atoms with E-state index in [1.807, 2.05) is 48.5 Å². The molecule has 1 aliphatic rings. The Morgan fingerprint density at radius 2 is 1.62 bits per heavy atom. The van der Waals surface area contributed by atoms with E-state index < -0.39 is 5.41 Å². The van der Waals surface area contributed by atoms with Gasteiger partial charge in [-0.15, -0.1) is 0 Å². The van der Waals surface area contributed by atoms with Crippen LogP contribution in [0.4, 0.5) is 5.69 Å². The molecule has 1 saturated heterocycles. The number of aliphatic hydroxyl groups is 1. The van der Waals surface area contributed by atoms with Crippen molar-refractivity contribution in [1.82, 2.24) is 4.90 Å². The van der Waals surface area contributed by atoms with Gasteiger partial charge >= 0.3 is 0 Å². The minimum absolute atomic E-state index is 0.127. The zero-order valence-corrected chi connectivity index (χ0v) is 20.4. The first-order valence-electron chi connectivity index (χ1n) is 11.8. The monoisotopic (exact) mass is 480 g/mol. The second kappa shape index (κ2) is 11.1. The van der Waals surface area contributed by atoms with Gasteiger partial charge < -0.3 is 19.8 Å². The summed E-state index contributed by atoms with van der Waals surface area (Å²) in [5, 5.41) is 21.9. The van der Waals surface area contributed by atoms with E-state index in [0.717, 1.165) is 50.5 Å². The fourth-order valence-electron chi connectivity index (χ4n) is 5.03. The van der Waals surface area contributed by atoms with Crippen LogP contribution < -0.4 is 9.64 Å². The number of rotatable bonds is 9. The van der Waals surface area contributed by atoms with Crippen LogP contribution in [0.5, 0.6) is 11.5 Å². The first-order chi connectivity index (χ1) is 16.6. The molecule has 34 heavy (non-hydrogen) atoms. The molecule has 2 N–H and O–H groups in total. The molecule has 3 aromatic carbocycles. The topological polar surface area (TPSA) is 56.2 Å². The van der Waals surface area contributed by atoms with Crippen molar-refractivity contribution in [3.8, 4) is 11.5 Å². The largest absolute Gasteiger partial charge is 0.508 e. The predicted molar refractivity (Wildman–Crippen MR) is 138 cm³/mol. The van der Waals surface area contributed by atoms with Crippen molar-refractivity contribution in [2.45, 2.75) is 18.3 Å². The highest BCUT2D eigenvalue weighted by Crippen LogP contribution is 2.43. The summed E-state index contributed by atoms with van der Waals surface area (Å²) < 4.78 is 5.37. The molecule has 180 valence electrons. The number of piperazine rings is 1. The van der Waals surface area contributed by atoms with Crippen LogP contribution >= 0.6 is 11.6 Å². The molecule has 0 saturated carbocycles. The molecule has 0 bridgehead atoms. The fourth-order valence-corrected chi connectivity index (χ4v) is 5.35. The number of aromatic hydroxyl groups is 1. The first kappa shape index (κ1) is 24.4. The quantitative estimate of drug-likeness (QED) is 0.454. The lowest BCUT2D eigenvalue weighted by molar-refractivity contribution is 0.192. The van der Waals surface area contributed by atoms with Crippen molar-refractivity contribution in [3.63, 3.8) is 0 Å². The maximum atomic E-state index is 10.7. The zero-order chi connectivity index (χ0) is 24.0. The maximum absolute atomic E-state index is 10.7. The molecule has 1 aliphatic heterocycles. The van der Waals surface area contributed by atoms with Crippen molar-refractivity contribution >= 4 is 17.3 Å². The predicted octanol–water partition coefficient (Wildman–Crippen LogP) is 4.94. The molecule has 0 aliphatic carbocycles. The SMILES string of the molecule is COc1cccc(N2CCN(CCCC(CO)(c3ccccc3O)c3ccccc3Cl)CC2)c1. The number of aliphatic hydroxyl groups excluding tert-OH is 1. The summed E-state index contributed by atoms with van der Waals surface area (Å²) in [4.78, 5) is 4.86. The number of phenolic OH excluding ortho intramolecular Hbond substituents is 1. The second-order valence-corrected chi connectivity index (χ2v) is 9.28. The molecule has 1 heterocycles. The van der Waals surface area contributed by atoms with Crippen molar-refractivity contribution in [2.24, 2.45) is 0 Å². The van der Waals surface area contributed by atoms with Crippen molar-refractivity contribution < 1.29 is 14.9 Å². The Morgan fingerprint density at radius 1 is 0.912 bits per heavy atom. The number of hydrogen-bond acceptors (Lipinski definition) is 5. The summed E-state index contributed by atoms with van der Waals surface area (Å²) in [6.07, 6.45) is 1.56. The standard InChI is InChI=1S/C28H33ClN2O3/c1-34-23-9-6-8-22(20-23)31-18-16-30(17-19-31)15-7-14-28(21-32,24-10-2-4-12-26(24)29)25-11-3-5-13-27(25)33/h2-6,8-13,20,32-33H,7,14-19,21H2,1H3. The van der Waals surface area contributed by atoms with E-state index >= 15 is 0 Å². The molecular weight excluding hydrogens is 448 g/mol. The van der Waals surface area contributed by atoms with Crippen molar-refractivity contribution in [2.75, 3.05) is 51.3 Å². The molecule has 4 rings (SSSR count). The minimum Gasteiger partial charge on any atom is -0.508 e. The Kier molecular flexibility index (Phi) is 7.99. The van der Waals surface area contributed by atoms with E-state index in [4.69, 9.17) is 16.3 Å². The summed E-state index contributed by atoms with van der Waals surface area (Å²) in [5.41, 5.74) is 2.00. The van der Waals surface area contributed by atoms with Gasteiger partial charge in [-0.25, -0.2) is 0 Å². The molecular formula is C28H33ClN2O3. The Hall–Kier alpha value is -2.73. The number of halogens is 1. The Labute approximate surface area is 207 Å². The van der Waals surface area contributed by atoms with Gasteiger partial charge in [0, 0.05) is 53.9 Å². The number of benzene rings is 3. The van der Waals surface area contributed by atoms with E-state index in [1.54, 1.807) is 19.2 Å². The van der Waals surface area contributed by atoms with Gasteiger partial charge in [-0.2, -0.15) is 0 Å². The number of phenols is 1. The third-order valence-electron chi connectivity index (χ3n) is 6.95. The molecule has 1 unspecified atom stereocenters. The minimum atomic E-state index is -0.758. The lowest BCUT2D eigenvalue weighted by atomic mass is 9.71. The summed E-state index contributed by atoms with van der Waals surface area (Å²) >= 11 is 6.60. The number of para-hydroxylation sites is 1. The fraction of sp³-hybridized carbons (Fsp3) is 0.357. The van der Waals surface area contributed by atoms with Gasteiger partial charge in [0.1, 0.15) is 11.5 Å². The van der Waals surface area contributed by atoms with E-state index in [2.05, 4.69) is 21.9 Å². The van der Waals surface area contributed by atoms with Crippen LogP contribution in [0.25, 0.3) is 0 Å². The summed E-state index contributed by atoms with van der Waals surface area (Å²) in [7, 11) is 1.70. The highest BCUT2D eigenvalue weighted by atomic mass is 35.5. The molecule has 0 radical (unpaired) electrons. The Bertz CT molecular complexity index is 1040. The van der Waals surface area contributed by atoms with Crippen LogP contribution in [0.15, 0.2) is 72.8 Å². The molecule has 0 amide bonds. The average molecular weight is 481 g/mol. The molecule has 1 fully saturated rings. The lowest BCUT2D eigenvalue weighted by Crippen LogP contribution is -2.47.